The van der Waals surface area contributed by atoms with Gasteiger partial charge in [-0.05, 0) is 43.4 Å². The Morgan fingerprint density at radius 3 is 1.72 bits per heavy atom. The second-order valence-electron chi connectivity index (χ2n) is 7.21. The lowest BCUT2D eigenvalue weighted by atomic mass is 10.1. The second-order valence-corrected chi connectivity index (χ2v) is 7.21. The van der Waals surface area contributed by atoms with Crippen LogP contribution in [0.3, 0.4) is 0 Å². The van der Waals surface area contributed by atoms with Crippen LogP contribution in [0, 0.1) is 0 Å². The highest BCUT2D eigenvalue weighted by Crippen LogP contribution is 2.13. The molecule has 25 heavy (non-hydrogen) atoms. The van der Waals surface area contributed by atoms with E-state index in [0.717, 1.165) is 37.9 Å². The summed E-state index contributed by atoms with van der Waals surface area (Å²) in [4.78, 5) is 15.0. The third-order valence-electron chi connectivity index (χ3n) is 4.87. The van der Waals surface area contributed by atoms with E-state index in [1.54, 1.807) is 0 Å². The Labute approximate surface area is 156 Å². The fourth-order valence-corrected chi connectivity index (χ4v) is 3.15. The van der Waals surface area contributed by atoms with Gasteiger partial charge < -0.3 is 4.90 Å². The number of nitrogens with zero attached hydrogens (tertiary/aromatic N) is 1. The molecule has 1 rings (SSSR count). The molecule has 0 unspecified atom stereocenters. The molecule has 142 valence electrons. The van der Waals surface area contributed by atoms with Crippen LogP contribution in [0.5, 0.6) is 0 Å². The Morgan fingerprint density at radius 1 is 0.720 bits per heavy atom. The van der Waals surface area contributed by atoms with E-state index in [9.17, 15) is 4.79 Å². The molecule has 0 heterocycles. The highest BCUT2D eigenvalue weighted by atomic mass is 16.2. The molecule has 0 radical (unpaired) electrons. The summed E-state index contributed by atoms with van der Waals surface area (Å²) in [6.07, 6.45) is 13.3. The van der Waals surface area contributed by atoms with Crippen LogP contribution in [0.1, 0.15) is 101 Å². The van der Waals surface area contributed by atoms with Crippen LogP contribution in [0.4, 0.5) is 0 Å². The molecular formula is C23H39NO. The van der Waals surface area contributed by atoms with Gasteiger partial charge in [0, 0.05) is 18.7 Å². The third-order valence-corrected chi connectivity index (χ3v) is 4.87. The van der Waals surface area contributed by atoms with Crippen molar-refractivity contribution < 1.29 is 4.79 Å². The average Bonchev–Trinajstić information content (AvgIpc) is 2.65. The number of hydrogen-bond acceptors (Lipinski definition) is 1. The highest BCUT2D eigenvalue weighted by Gasteiger charge is 2.15. The molecule has 0 bridgehead atoms. The van der Waals surface area contributed by atoms with Crippen molar-refractivity contribution in [2.75, 3.05) is 13.1 Å². The van der Waals surface area contributed by atoms with E-state index < -0.39 is 0 Å². The summed E-state index contributed by atoms with van der Waals surface area (Å²) >= 11 is 0. The van der Waals surface area contributed by atoms with Gasteiger partial charge in [0.05, 0.1) is 0 Å². The summed E-state index contributed by atoms with van der Waals surface area (Å²) in [6, 6.07) is 8.32. The van der Waals surface area contributed by atoms with Crippen LogP contribution in [-0.4, -0.2) is 23.9 Å². The summed E-state index contributed by atoms with van der Waals surface area (Å²) in [5.41, 5.74) is 2.20. The van der Waals surface area contributed by atoms with Gasteiger partial charge in [-0.25, -0.2) is 0 Å². The minimum atomic E-state index is 0.218. The van der Waals surface area contributed by atoms with Gasteiger partial charge in [-0.1, -0.05) is 77.8 Å². The molecule has 2 heteroatoms. The lowest BCUT2D eigenvalue weighted by molar-refractivity contribution is 0.0749. The van der Waals surface area contributed by atoms with Gasteiger partial charge in [-0.15, -0.1) is 0 Å². The Morgan fingerprint density at radius 2 is 1.24 bits per heavy atom. The van der Waals surface area contributed by atoms with Gasteiger partial charge in [0.25, 0.3) is 5.91 Å². The zero-order valence-electron chi connectivity index (χ0n) is 16.9. The van der Waals surface area contributed by atoms with Gasteiger partial charge in [0.1, 0.15) is 0 Å². The first-order chi connectivity index (χ1) is 12.2. The van der Waals surface area contributed by atoms with Gasteiger partial charge in [0.2, 0.25) is 0 Å². The number of benzene rings is 1. The highest BCUT2D eigenvalue weighted by molar-refractivity contribution is 5.94. The van der Waals surface area contributed by atoms with Crippen LogP contribution < -0.4 is 0 Å². The third kappa shape index (κ3) is 9.09. The number of carbonyl (C=O) groups excluding carboxylic acids is 1. The standard InChI is InChI=1S/C23H39NO/c1-4-7-10-12-19-24(20-13-11-8-5-2)23(25)22-17-15-21(16-18-22)14-9-6-3/h15-18H,4-14,19-20H2,1-3H3. The molecule has 0 aromatic heterocycles. The number of unbranched alkanes of at least 4 members (excludes halogenated alkanes) is 7. The second kappa shape index (κ2) is 13.9. The quantitative estimate of drug-likeness (QED) is 0.346. The first kappa shape index (κ1) is 21.7. The van der Waals surface area contributed by atoms with Crippen LogP contribution in [-0.2, 0) is 6.42 Å². The van der Waals surface area contributed by atoms with Crippen molar-refractivity contribution in [3.63, 3.8) is 0 Å². The van der Waals surface area contributed by atoms with Crippen LogP contribution in [0.2, 0.25) is 0 Å². The molecule has 0 saturated heterocycles. The van der Waals surface area contributed by atoms with Crippen molar-refractivity contribution in [3.8, 4) is 0 Å². The Hall–Kier alpha value is -1.31. The summed E-state index contributed by atoms with van der Waals surface area (Å²) in [6.45, 7) is 8.49. The Bertz CT molecular complexity index is 440. The molecule has 0 spiro atoms. The largest absolute Gasteiger partial charge is 0.339 e. The van der Waals surface area contributed by atoms with E-state index in [1.807, 2.05) is 12.1 Å². The van der Waals surface area contributed by atoms with E-state index in [1.165, 1.54) is 56.9 Å². The van der Waals surface area contributed by atoms with Crippen molar-refractivity contribution in [1.29, 1.82) is 0 Å². The summed E-state index contributed by atoms with van der Waals surface area (Å²) < 4.78 is 0. The zero-order chi connectivity index (χ0) is 18.3. The van der Waals surface area contributed by atoms with Gasteiger partial charge in [-0.2, -0.15) is 0 Å². The number of carbonyl (C=O) groups is 1. The summed E-state index contributed by atoms with van der Waals surface area (Å²) in [7, 11) is 0. The fourth-order valence-electron chi connectivity index (χ4n) is 3.15. The monoisotopic (exact) mass is 345 g/mol. The summed E-state index contributed by atoms with van der Waals surface area (Å²) in [5.74, 6) is 0.218. The van der Waals surface area contributed by atoms with Gasteiger partial charge in [-0.3, -0.25) is 4.79 Å². The van der Waals surface area contributed by atoms with Crippen LogP contribution >= 0.6 is 0 Å². The van der Waals surface area contributed by atoms with E-state index in [-0.39, 0.29) is 5.91 Å². The van der Waals surface area contributed by atoms with Gasteiger partial charge >= 0.3 is 0 Å². The molecule has 0 saturated carbocycles. The molecule has 2 nitrogen and oxygen atoms in total. The molecule has 0 N–H and O–H groups in total. The fraction of sp³-hybridized carbons (Fsp3) is 0.696. The van der Waals surface area contributed by atoms with Crippen molar-refractivity contribution in [2.45, 2.75) is 91.4 Å². The average molecular weight is 346 g/mol. The van der Waals surface area contributed by atoms with Crippen molar-refractivity contribution in [2.24, 2.45) is 0 Å². The predicted octanol–water partition coefficient (Wildman–Crippen LogP) is 6.63. The maximum absolute atomic E-state index is 12.9. The van der Waals surface area contributed by atoms with Crippen molar-refractivity contribution in [3.05, 3.63) is 35.4 Å². The number of hydrogen-bond donors (Lipinski definition) is 0. The maximum atomic E-state index is 12.9. The zero-order valence-corrected chi connectivity index (χ0v) is 16.9. The van der Waals surface area contributed by atoms with Crippen molar-refractivity contribution in [1.82, 2.24) is 4.90 Å². The van der Waals surface area contributed by atoms with Crippen LogP contribution in [0.25, 0.3) is 0 Å². The molecule has 1 aromatic carbocycles. The maximum Gasteiger partial charge on any atom is 0.253 e. The number of rotatable bonds is 14. The first-order valence-electron chi connectivity index (χ1n) is 10.6. The lowest BCUT2D eigenvalue weighted by Crippen LogP contribution is -2.33. The van der Waals surface area contributed by atoms with Crippen LogP contribution in [0.15, 0.2) is 24.3 Å². The molecule has 0 aliphatic carbocycles. The molecule has 0 atom stereocenters. The Balaban J connectivity index is 2.61. The minimum Gasteiger partial charge on any atom is -0.339 e. The molecule has 0 aliphatic rings. The minimum absolute atomic E-state index is 0.218. The molecule has 1 aromatic rings. The normalized spacial score (nSPS) is 10.8. The van der Waals surface area contributed by atoms with E-state index in [0.29, 0.717) is 0 Å². The molecular weight excluding hydrogens is 306 g/mol. The Kier molecular flexibility index (Phi) is 12.1. The molecule has 1 amide bonds. The molecule has 0 aliphatic heterocycles. The SMILES string of the molecule is CCCCCCN(CCCCCC)C(=O)c1ccc(CCCC)cc1. The van der Waals surface area contributed by atoms with Gasteiger partial charge in [0.15, 0.2) is 0 Å². The lowest BCUT2D eigenvalue weighted by Gasteiger charge is -2.23. The summed E-state index contributed by atoms with van der Waals surface area (Å²) in [5, 5.41) is 0. The number of amides is 1. The van der Waals surface area contributed by atoms with Crippen molar-refractivity contribution >= 4 is 5.91 Å². The smallest absolute Gasteiger partial charge is 0.253 e. The van der Waals surface area contributed by atoms with E-state index >= 15 is 0 Å². The number of aryl methyl sites for hydroxylation is 1. The topological polar surface area (TPSA) is 20.3 Å². The predicted molar refractivity (Wildman–Crippen MR) is 109 cm³/mol. The first-order valence-corrected chi connectivity index (χ1v) is 10.6. The van der Waals surface area contributed by atoms with E-state index in [4.69, 9.17) is 0 Å². The van der Waals surface area contributed by atoms with E-state index in [2.05, 4.69) is 37.8 Å². The molecule has 0 fully saturated rings.